The maximum absolute atomic E-state index is 12.5. The fraction of sp³-hybridized carbons (Fsp3) is 0.500. The van der Waals surface area contributed by atoms with E-state index in [4.69, 9.17) is 0 Å². The van der Waals surface area contributed by atoms with Gasteiger partial charge in [0.25, 0.3) is 6.43 Å². The van der Waals surface area contributed by atoms with Gasteiger partial charge >= 0.3 is 0 Å². The van der Waals surface area contributed by atoms with Crippen LogP contribution in [0.2, 0.25) is 0 Å². The number of alkyl halides is 2. The molecule has 0 atom stereocenters. The smallest absolute Gasteiger partial charge is 0.205 e. The van der Waals surface area contributed by atoms with Gasteiger partial charge in [0, 0.05) is 5.56 Å². The molecule has 0 aromatic heterocycles. The minimum absolute atomic E-state index is 0.0737. The van der Waals surface area contributed by atoms with Crippen LogP contribution < -0.4 is 0 Å². The molecule has 0 saturated heterocycles. The van der Waals surface area contributed by atoms with Crippen LogP contribution in [0.5, 0.6) is 0 Å². The van der Waals surface area contributed by atoms with E-state index in [-0.39, 0.29) is 11.0 Å². The van der Waals surface area contributed by atoms with Crippen molar-refractivity contribution in [2.24, 2.45) is 0 Å². The van der Waals surface area contributed by atoms with Gasteiger partial charge in [-0.15, -0.1) is 0 Å². The van der Waals surface area contributed by atoms with Crippen molar-refractivity contribution in [3.05, 3.63) is 34.9 Å². The number of hydrogen-bond donors (Lipinski definition) is 0. The first-order valence-corrected chi connectivity index (χ1v) is 4.71. The predicted octanol–water partition coefficient (Wildman–Crippen LogP) is 4.23. The minimum atomic E-state index is -2.38. The van der Waals surface area contributed by atoms with Crippen molar-refractivity contribution < 1.29 is 8.78 Å². The summed E-state index contributed by atoms with van der Waals surface area (Å²) in [5.74, 6) is 0. The summed E-state index contributed by atoms with van der Waals surface area (Å²) >= 11 is 0. The van der Waals surface area contributed by atoms with E-state index in [1.165, 1.54) is 0 Å². The Morgan fingerprint density at radius 2 is 1.64 bits per heavy atom. The molecule has 0 nitrogen and oxygen atoms in total. The third-order valence-corrected chi connectivity index (χ3v) is 2.22. The van der Waals surface area contributed by atoms with Crippen LogP contribution in [-0.4, -0.2) is 0 Å². The Morgan fingerprint density at radius 3 is 2.07 bits per heavy atom. The van der Waals surface area contributed by atoms with Gasteiger partial charge in [-0.25, -0.2) is 8.78 Å². The average molecular weight is 198 g/mol. The van der Waals surface area contributed by atoms with Crippen LogP contribution >= 0.6 is 0 Å². The van der Waals surface area contributed by atoms with Crippen LogP contribution in [-0.2, 0) is 5.41 Å². The van der Waals surface area contributed by atoms with Crippen LogP contribution in [0, 0.1) is 6.92 Å². The van der Waals surface area contributed by atoms with Crippen LogP contribution in [0.15, 0.2) is 18.2 Å². The molecule has 0 spiro atoms. The highest BCUT2D eigenvalue weighted by Gasteiger charge is 2.17. The summed E-state index contributed by atoms with van der Waals surface area (Å²) in [6, 6.07) is 5.10. The largest absolute Gasteiger partial charge is 0.263 e. The lowest BCUT2D eigenvalue weighted by Crippen LogP contribution is -2.11. The van der Waals surface area contributed by atoms with Gasteiger partial charge in [-0.3, -0.25) is 0 Å². The van der Waals surface area contributed by atoms with Gasteiger partial charge in [0.1, 0.15) is 0 Å². The molecule has 0 aliphatic heterocycles. The van der Waals surface area contributed by atoms with Crippen molar-refractivity contribution in [1.82, 2.24) is 0 Å². The molecule has 2 heteroatoms. The Morgan fingerprint density at radius 1 is 1.07 bits per heavy atom. The normalized spacial score (nSPS) is 12.2. The second kappa shape index (κ2) is 3.68. The summed E-state index contributed by atoms with van der Waals surface area (Å²) in [5.41, 5.74) is 1.91. The topological polar surface area (TPSA) is 0 Å². The number of hydrogen-bond acceptors (Lipinski definition) is 0. The van der Waals surface area contributed by atoms with E-state index in [0.29, 0.717) is 0 Å². The molecule has 0 aliphatic carbocycles. The Bertz CT molecular complexity index is 322. The Hall–Kier alpha value is -0.920. The average Bonchev–Trinajstić information content (AvgIpc) is 2.01. The standard InChI is InChI=1S/C12H16F2/c1-8-5-9(11(13)14)7-10(6-8)12(2,3)4/h5-7,11H,1-4H3. The summed E-state index contributed by atoms with van der Waals surface area (Å²) < 4.78 is 25.0. The molecule has 0 bridgehead atoms. The number of halogens is 2. The zero-order chi connectivity index (χ0) is 10.9. The molecule has 0 heterocycles. The summed E-state index contributed by atoms with van der Waals surface area (Å²) in [7, 11) is 0. The summed E-state index contributed by atoms with van der Waals surface area (Å²) in [6.07, 6.45) is -2.38. The molecule has 1 aromatic carbocycles. The highest BCUT2D eigenvalue weighted by atomic mass is 19.3. The van der Waals surface area contributed by atoms with E-state index < -0.39 is 6.43 Å². The molecular formula is C12H16F2. The van der Waals surface area contributed by atoms with E-state index in [2.05, 4.69) is 0 Å². The Balaban J connectivity index is 3.21. The lowest BCUT2D eigenvalue weighted by atomic mass is 9.85. The van der Waals surface area contributed by atoms with Gasteiger partial charge in [0.05, 0.1) is 0 Å². The van der Waals surface area contributed by atoms with Gasteiger partial charge in [-0.1, -0.05) is 38.5 Å². The first-order valence-electron chi connectivity index (χ1n) is 4.71. The van der Waals surface area contributed by atoms with Crippen molar-refractivity contribution in [2.45, 2.75) is 39.5 Å². The van der Waals surface area contributed by atoms with E-state index in [1.807, 2.05) is 33.8 Å². The molecular weight excluding hydrogens is 182 g/mol. The van der Waals surface area contributed by atoms with Gasteiger partial charge in [0.2, 0.25) is 0 Å². The van der Waals surface area contributed by atoms with Gasteiger partial charge in [0.15, 0.2) is 0 Å². The number of benzene rings is 1. The van der Waals surface area contributed by atoms with E-state index in [0.717, 1.165) is 11.1 Å². The molecule has 78 valence electrons. The van der Waals surface area contributed by atoms with E-state index in [1.54, 1.807) is 12.1 Å². The molecule has 0 N–H and O–H groups in total. The molecule has 1 aromatic rings. The quantitative estimate of drug-likeness (QED) is 0.633. The molecule has 0 fully saturated rings. The third-order valence-electron chi connectivity index (χ3n) is 2.22. The fourth-order valence-corrected chi connectivity index (χ4v) is 1.37. The summed E-state index contributed by atoms with van der Waals surface area (Å²) in [5, 5.41) is 0. The lowest BCUT2D eigenvalue weighted by molar-refractivity contribution is 0.151. The minimum Gasteiger partial charge on any atom is -0.205 e. The first-order chi connectivity index (χ1) is 6.30. The Kier molecular flexibility index (Phi) is 2.93. The van der Waals surface area contributed by atoms with Gasteiger partial charge in [-0.2, -0.15) is 0 Å². The molecule has 0 saturated carbocycles. The van der Waals surface area contributed by atoms with Crippen molar-refractivity contribution in [1.29, 1.82) is 0 Å². The predicted molar refractivity (Wildman–Crippen MR) is 54.8 cm³/mol. The second-order valence-corrected chi connectivity index (χ2v) is 4.68. The molecule has 0 unspecified atom stereocenters. The van der Waals surface area contributed by atoms with Crippen molar-refractivity contribution >= 4 is 0 Å². The maximum atomic E-state index is 12.5. The zero-order valence-corrected chi connectivity index (χ0v) is 9.07. The highest BCUT2D eigenvalue weighted by Crippen LogP contribution is 2.28. The van der Waals surface area contributed by atoms with Crippen molar-refractivity contribution in [3.8, 4) is 0 Å². The molecule has 1 rings (SSSR count). The van der Waals surface area contributed by atoms with Crippen molar-refractivity contribution in [3.63, 3.8) is 0 Å². The monoisotopic (exact) mass is 198 g/mol. The van der Waals surface area contributed by atoms with Crippen LogP contribution in [0.4, 0.5) is 8.78 Å². The number of aryl methyl sites for hydroxylation is 1. The van der Waals surface area contributed by atoms with E-state index in [9.17, 15) is 8.78 Å². The fourth-order valence-electron chi connectivity index (χ4n) is 1.37. The highest BCUT2D eigenvalue weighted by molar-refractivity contribution is 5.33. The van der Waals surface area contributed by atoms with Crippen LogP contribution in [0.3, 0.4) is 0 Å². The Labute approximate surface area is 84.0 Å². The van der Waals surface area contributed by atoms with E-state index >= 15 is 0 Å². The van der Waals surface area contributed by atoms with Gasteiger partial charge in [-0.05, 0) is 24.0 Å². The molecule has 0 aliphatic rings. The number of rotatable bonds is 1. The molecule has 14 heavy (non-hydrogen) atoms. The van der Waals surface area contributed by atoms with Gasteiger partial charge < -0.3 is 0 Å². The molecule has 0 amide bonds. The first kappa shape index (κ1) is 11.2. The van der Waals surface area contributed by atoms with Crippen LogP contribution in [0.1, 0.15) is 43.9 Å². The summed E-state index contributed by atoms with van der Waals surface area (Å²) in [6.45, 7) is 7.92. The summed E-state index contributed by atoms with van der Waals surface area (Å²) in [4.78, 5) is 0. The van der Waals surface area contributed by atoms with Crippen LogP contribution in [0.25, 0.3) is 0 Å². The zero-order valence-electron chi connectivity index (χ0n) is 9.07. The SMILES string of the molecule is Cc1cc(C(F)F)cc(C(C)(C)C)c1. The third kappa shape index (κ3) is 2.53. The second-order valence-electron chi connectivity index (χ2n) is 4.68. The molecule has 0 radical (unpaired) electrons. The maximum Gasteiger partial charge on any atom is 0.263 e. The lowest BCUT2D eigenvalue weighted by Gasteiger charge is -2.20. The van der Waals surface area contributed by atoms with Crippen molar-refractivity contribution in [2.75, 3.05) is 0 Å².